The lowest BCUT2D eigenvalue weighted by Crippen LogP contribution is -2.13. The van der Waals surface area contributed by atoms with Crippen molar-refractivity contribution in [2.24, 2.45) is 5.92 Å². The van der Waals surface area contributed by atoms with Crippen LogP contribution in [0.1, 0.15) is 25.8 Å². The monoisotopic (exact) mass is 257 g/mol. The van der Waals surface area contributed by atoms with Gasteiger partial charge in [0.05, 0.1) is 0 Å². The molecule has 0 saturated heterocycles. The fraction of sp³-hybridized carbons (Fsp3) is 0.438. The zero-order chi connectivity index (χ0) is 13.5. The van der Waals surface area contributed by atoms with E-state index in [4.69, 9.17) is 0 Å². The fourth-order valence-corrected chi connectivity index (χ4v) is 2.05. The number of hydrogen-bond donors (Lipinski definition) is 1. The Bertz CT molecular complexity index is 474. The summed E-state index contributed by atoms with van der Waals surface area (Å²) in [5, 5.41) is 3.39. The van der Waals surface area contributed by atoms with E-state index < -0.39 is 0 Å². The van der Waals surface area contributed by atoms with Gasteiger partial charge in [0, 0.05) is 25.5 Å². The Morgan fingerprint density at radius 2 is 2.00 bits per heavy atom. The molecule has 102 valence electrons. The molecular formula is C16H23N3. The molecule has 1 heterocycles. The Morgan fingerprint density at radius 1 is 1.21 bits per heavy atom. The number of nitrogens with one attached hydrogen (secondary N) is 1. The maximum atomic E-state index is 4.37. The van der Waals surface area contributed by atoms with Gasteiger partial charge < -0.3 is 9.88 Å². The number of aryl methyl sites for hydroxylation is 2. The summed E-state index contributed by atoms with van der Waals surface area (Å²) in [6.45, 7) is 6.39. The molecule has 0 aliphatic rings. The summed E-state index contributed by atoms with van der Waals surface area (Å²) in [4.78, 5) is 4.37. The minimum Gasteiger partial charge on any atom is -0.355 e. The van der Waals surface area contributed by atoms with Crippen LogP contribution in [-0.2, 0) is 13.0 Å². The van der Waals surface area contributed by atoms with Crippen molar-refractivity contribution in [2.75, 3.05) is 11.9 Å². The van der Waals surface area contributed by atoms with E-state index in [1.165, 1.54) is 5.56 Å². The second-order valence-electron chi connectivity index (χ2n) is 5.31. The summed E-state index contributed by atoms with van der Waals surface area (Å²) in [7, 11) is 0. The van der Waals surface area contributed by atoms with E-state index in [1.54, 1.807) is 0 Å². The van der Waals surface area contributed by atoms with Crippen LogP contribution >= 0.6 is 0 Å². The third kappa shape index (κ3) is 4.43. The van der Waals surface area contributed by atoms with Gasteiger partial charge in [-0.3, -0.25) is 0 Å². The van der Waals surface area contributed by atoms with Crippen LogP contribution in [-0.4, -0.2) is 16.1 Å². The third-order valence-electron chi connectivity index (χ3n) is 3.09. The van der Waals surface area contributed by atoms with Crippen LogP contribution in [0.3, 0.4) is 0 Å². The third-order valence-corrected chi connectivity index (χ3v) is 3.09. The first-order valence-electron chi connectivity index (χ1n) is 7.04. The molecule has 1 aromatic heterocycles. The van der Waals surface area contributed by atoms with E-state index in [2.05, 4.69) is 59.0 Å². The van der Waals surface area contributed by atoms with Crippen LogP contribution < -0.4 is 5.32 Å². The molecule has 3 heteroatoms. The lowest BCUT2D eigenvalue weighted by atomic mass is 10.1. The number of imidazole rings is 1. The molecule has 1 N–H and O–H groups in total. The zero-order valence-electron chi connectivity index (χ0n) is 11.8. The number of rotatable bonds is 7. The summed E-state index contributed by atoms with van der Waals surface area (Å²) >= 11 is 0. The standard InChI is InChI=1S/C16H23N3/c1-14(2)13-18-16-17-10-12-19(16)11-6-9-15-7-4-3-5-8-15/h3-5,7-8,10,12,14H,6,9,11,13H2,1-2H3,(H,17,18). The topological polar surface area (TPSA) is 29.9 Å². The van der Waals surface area contributed by atoms with E-state index in [-0.39, 0.29) is 0 Å². The molecule has 2 rings (SSSR count). The molecule has 0 spiro atoms. The van der Waals surface area contributed by atoms with E-state index in [9.17, 15) is 0 Å². The Morgan fingerprint density at radius 3 is 2.74 bits per heavy atom. The lowest BCUT2D eigenvalue weighted by molar-refractivity contribution is 0.633. The molecule has 0 unspecified atom stereocenters. The molecule has 1 aromatic carbocycles. The maximum Gasteiger partial charge on any atom is 0.202 e. The van der Waals surface area contributed by atoms with Crippen molar-refractivity contribution >= 4 is 5.95 Å². The summed E-state index contributed by atoms with van der Waals surface area (Å²) in [5.41, 5.74) is 1.40. The smallest absolute Gasteiger partial charge is 0.202 e. The van der Waals surface area contributed by atoms with Gasteiger partial charge in [-0.25, -0.2) is 4.98 Å². The Hall–Kier alpha value is -1.77. The van der Waals surface area contributed by atoms with Crippen molar-refractivity contribution in [1.82, 2.24) is 9.55 Å². The molecule has 0 radical (unpaired) electrons. The maximum absolute atomic E-state index is 4.37. The van der Waals surface area contributed by atoms with Crippen LogP contribution in [0.25, 0.3) is 0 Å². The first-order valence-corrected chi connectivity index (χ1v) is 7.04. The number of nitrogens with zero attached hydrogens (tertiary/aromatic N) is 2. The van der Waals surface area contributed by atoms with E-state index >= 15 is 0 Å². The molecule has 2 aromatic rings. The van der Waals surface area contributed by atoms with Crippen molar-refractivity contribution in [3.63, 3.8) is 0 Å². The molecule has 3 nitrogen and oxygen atoms in total. The Labute approximate surface area is 115 Å². The number of benzene rings is 1. The predicted octanol–water partition coefficient (Wildman–Crippen LogP) is 3.58. The normalized spacial score (nSPS) is 10.9. The number of hydrogen-bond acceptors (Lipinski definition) is 2. The SMILES string of the molecule is CC(C)CNc1nccn1CCCc1ccccc1. The van der Waals surface area contributed by atoms with Crippen LogP contribution in [0.4, 0.5) is 5.95 Å². The number of aromatic nitrogens is 2. The fourth-order valence-electron chi connectivity index (χ4n) is 2.05. The summed E-state index contributed by atoms with van der Waals surface area (Å²) in [5.74, 6) is 1.62. The van der Waals surface area contributed by atoms with Gasteiger partial charge in [-0.1, -0.05) is 44.2 Å². The Balaban J connectivity index is 1.81. The average molecular weight is 257 g/mol. The Kier molecular flexibility index (Phi) is 5.01. The minimum absolute atomic E-state index is 0.634. The summed E-state index contributed by atoms with van der Waals surface area (Å²) in [6.07, 6.45) is 6.16. The molecule has 0 saturated carbocycles. The first kappa shape index (κ1) is 13.7. The largest absolute Gasteiger partial charge is 0.355 e. The van der Waals surface area contributed by atoms with Crippen molar-refractivity contribution in [3.05, 3.63) is 48.3 Å². The first-order chi connectivity index (χ1) is 9.25. The molecule has 0 atom stereocenters. The van der Waals surface area contributed by atoms with Gasteiger partial charge in [0.2, 0.25) is 5.95 Å². The molecular weight excluding hydrogens is 234 g/mol. The summed E-state index contributed by atoms with van der Waals surface area (Å²) < 4.78 is 2.20. The molecule has 0 fully saturated rings. The lowest BCUT2D eigenvalue weighted by Gasteiger charge is -2.11. The van der Waals surface area contributed by atoms with Crippen LogP contribution in [0.2, 0.25) is 0 Å². The van der Waals surface area contributed by atoms with Gasteiger partial charge in [-0.2, -0.15) is 0 Å². The van der Waals surface area contributed by atoms with Crippen molar-refractivity contribution in [1.29, 1.82) is 0 Å². The molecule has 19 heavy (non-hydrogen) atoms. The van der Waals surface area contributed by atoms with E-state index in [0.29, 0.717) is 5.92 Å². The summed E-state index contributed by atoms with van der Waals surface area (Å²) in [6, 6.07) is 10.6. The highest BCUT2D eigenvalue weighted by Crippen LogP contribution is 2.09. The second kappa shape index (κ2) is 6.98. The minimum atomic E-state index is 0.634. The van der Waals surface area contributed by atoms with Gasteiger partial charge in [-0.05, 0) is 24.3 Å². The average Bonchev–Trinajstić information content (AvgIpc) is 2.85. The van der Waals surface area contributed by atoms with Gasteiger partial charge in [0.15, 0.2) is 0 Å². The highest BCUT2D eigenvalue weighted by atomic mass is 15.2. The highest BCUT2D eigenvalue weighted by Gasteiger charge is 2.03. The predicted molar refractivity (Wildman–Crippen MR) is 80.3 cm³/mol. The van der Waals surface area contributed by atoms with Crippen molar-refractivity contribution in [3.8, 4) is 0 Å². The quantitative estimate of drug-likeness (QED) is 0.821. The van der Waals surface area contributed by atoms with E-state index in [0.717, 1.165) is 31.9 Å². The van der Waals surface area contributed by atoms with Gasteiger partial charge >= 0.3 is 0 Å². The van der Waals surface area contributed by atoms with Gasteiger partial charge in [-0.15, -0.1) is 0 Å². The van der Waals surface area contributed by atoms with Crippen LogP contribution in [0, 0.1) is 5.92 Å². The zero-order valence-corrected chi connectivity index (χ0v) is 11.8. The second-order valence-corrected chi connectivity index (χ2v) is 5.31. The number of anilines is 1. The molecule has 0 bridgehead atoms. The van der Waals surface area contributed by atoms with Gasteiger partial charge in [0.25, 0.3) is 0 Å². The molecule has 0 aliphatic heterocycles. The molecule has 0 aliphatic carbocycles. The highest BCUT2D eigenvalue weighted by molar-refractivity contribution is 5.25. The van der Waals surface area contributed by atoms with Crippen LogP contribution in [0.5, 0.6) is 0 Å². The van der Waals surface area contributed by atoms with Crippen LogP contribution in [0.15, 0.2) is 42.7 Å². The van der Waals surface area contributed by atoms with Crippen molar-refractivity contribution < 1.29 is 0 Å². The molecule has 0 amide bonds. The van der Waals surface area contributed by atoms with Gasteiger partial charge in [0.1, 0.15) is 0 Å². The van der Waals surface area contributed by atoms with E-state index in [1.807, 2.05) is 12.4 Å². The van der Waals surface area contributed by atoms with Crippen molar-refractivity contribution in [2.45, 2.75) is 33.2 Å².